The minimum absolute atomic E-state index is 0.0567. The van der Waals surface area contributed by atoms with E-state index in [1.165, 1.54) is 0 Å². The van der Waals surface area contributed by atoms with Gasteiger partial charge < -0.3 is 4.98 Å². The van der Waals surface area contributed by atoms with Crippen LogP contribution in [-0.4, -0.2) is 31.4 Å². The van der Waals surface area contributed by atoms with E-state index in [9.17, 15) is 4.79 Å². The lowest BCUT2D eigenvalue weighted by atomic mass is 10.1. The Morgan fingerprint density at radius 1 is 1.16 bits per heavy atom. The molecule has 1 aliphatic rings. The van der Waals surface area contributed by atoms with Gasteiger partial charge in [0.05, 0.1) is 17.0 Å². The molecular weight excluding hydrogens is 314 g/mol. The number of hydrogen-bond acceptors (Lipinski definition) is 5. The van der Waals surface area contributed by atoms with Crippen LogP contribution >= 0.6 is 0 Å². The second-order valence-electron chi connectivity index (χ2n) is 6.31. The Kier molecular flexibility index (Phi) is 4.11. The lowest BCUT2D eigenvalue weighted by Crippen LogP contribution is -2.35. The van der Waals surface area contributed by atoms with Crippen molar-refractivity contribution in [3.8, 4) is 11.4 Å². The van der Waals surface area contributed by atoms with Crippen molar-refractivity contribution in [2.24, 2.45) is 0 Å². The normalized spacial score (nSPS) is 14.3. The quantitative estimate of drug-likeness (QED) is 0.794. The Hall–Kier alpha value is -2.86. The summed E-state index contributed by atoms with van der Waals surface area (Å²) in [6.07, 6.45) is 4.17. The summed E-state index contributed by atoms with van der Waals surface area (Å²) in [5.74, 6) is 0.611. The highest BCUT2D eigenvalue weighted by molar-refractivity contribution is 5.54. The zero-order valence-corrected chi connectivity index (χ0v) is 14.1. The van der Waals surface area contributed by atoms with Crippen molar-refractivity contribution in [3.05, 3.63) is 75.7 Å². The minimum atomic E-state index is -0.0567. The van der Waals surface area contributed by atoms with Crippen LogP contribution in [0.1, 0.15) is 22.6 Å². The number of rotatable bonds is 3. The van der Waals surface area contributed by atoms with Crippen LogP contribution in [0.3, 0.4) is 0 Å². The van der Waals surface area contributed by atoms with Crippen molar-refractivity contribution >= 4 is 0 Å². The molecule has 0 bridgehead atoms. The maximum absolute atomic E-state index is 12.6. The second-order valence-corrected chi connectivity index (χ2v) is 6.31. The summed E-state index contributed by atoms with van der Waals surface area (Å²) in [4.78, 5) is 30.9. The zero-order valence-electron chi connectivity index (χ0n) is 14.1. The number of nitrogens with one attached hydrogen (secondary N) is 1. The van der Waals surface area contributed by atoms with E-state index < -0.39 is 0 Å². The van der Waals surface area contributed by atoms with E-state index in [2.05, 4.69) is 24.8 Å². The molecule has 1 N–H and O–H groups in total. The molecule has 6 nitrogen and oxygen atoms in total. The largest absolute Gasteiger partial charge is 0.306 e. The van der Waals surface area contributed by atoms with E-state index in [1.54, 1.807) is 12.4 Å². The van der Waals surface area contributed by atoms with Crippen LogP contribution in [0.25, 0.3) is 11.4 Å². The van der Waals surface area contributed by atoms with Gasteiger partial charge in [-0.15, -0.1) is 0 Å². The molecule has 0 spiro atoms. The molecular formula is C19H19N5O. The molecule has 0 radical (unpaired) electrons. The summed E-state index contributed by atoms with van der Waals surface area (Å²) >= 11 is 0. The third-order valence-corrected chi connectivity index (χ3v) is 4.43. The maximum atomic E-state index is 12.6. The smallest absolute Gasteiger partial charge is 0.255 e. The first-order valence-corrected chi connectivity index (χ1v) is 8.36. The standard InChI is InChI=1S/C19H19N5O/c1-13-3-2-4-15(21-13)11-24-10-7-17-16(12-24)19(25)23-18(22-17)14-5-8-20-9-6-14/h2-6,8-9H,7,10-12H2,1H3,(H,22,23,25). The van der Waals surface area contributed by atoms with E-state index in [4.69, 9.17) is 0 Å². The molecule has 4 heterocycles. The highest BCUT2D eigenvalue weighted by atomic mass is 16.1. The lowest BCUT2D eigenvalue weighted by Gasteiger charge is -2.27. The molecule has 0 aromatic carbocycles. The van der Waals surface area contributed by atoms with Crippen LogP contribution in [0, 0.1) is 6.92 Å². The van der Waals surface area contributed by atoms with Crippen molar-refractivity contribution in [1.29, 1.82) is 0 Å². The van der Waals surface area contributed by atoms with E-state index >= 15 is 0 Å². The van der Waals surface area contributed by atoms with Crippen LogP contribution in [0.4, 0.5) is 0 Å². The van der Waals surface area contributed by atoms with Gasteiger partial charge in [-0.1, -0.05) is 6.07 Å². The predicted octanol–water partition coefficient (Wildman–Crippen LogP) is 2.09. The van der Waals surface area contributed by atoms with Gasteiger partial charge in [0.2, 0.25) is 0 Å². The topological polar surface area (TPSA) is 74.8 Å². The summed E-state index contributed by atoms with van der Waals surface area (Å²) in [5, 5.41) is 0. The first-order chi connectivity index (χ1) is 12.2. The zero-order chi connectivity index (χ0) is 17.2. The van der Waals surface area contributed by atoms with Crippen molar-refractivity contribution in [1.82, 2.24) is 24.8 Å². The van der Waals surface area contributed by atoms with Crippen molar-refractivity contribution in [2.75, 3.05) is 6.54 Å². The number of fused-ring (bicyclic) bond motifs is 1. The molecule has 3 aromatic rings. The summed E-state index contributed by atoms with van der Waals surface area (Å²) in [7, 11) is 0. The van der Waals surface area contributed by atoms with Crippen LogP contribution in [0.15, 0.2) is 47.5 Å². The fraction of sp³-hybridized carbons (Fsp3) is 0.263. The maximum Gasteiger partial charge on any atom is 0.255 e. The molecule has 0 saturated heterocycles. The van der Waals surface area contributed by atoms with Gasteiger partial charge in [0.25, 0.3) is 5.56 Å². The highest BCUT2D eigenvalue weighted by Gasteiger charge is 2.21. The number of aryl methyl sites for hydroxylation is 1. The average Bonchev–Trinajstić information content (AvgIpc) is 2.63. The molecule has 25 heavy (non-hydrogen) atoms. The molecule has 126 valence electrons. The lowest BCUT2D eigenvalue weighted by molar-refractivity contribution is 0.239. The number of aromatic amines is 1. The Morgan fingerprint density at radius 2 is 2.00 bits per heavy atom. The number of pyridine rings is 2. The number of aromatic nitrogens is 4. The van der Waals surface area contributed by atoms with Crippen molar-refractivity contribution in [2.45, 2.75) is 26.4 Å². The molecule has 3 aromatic heterocycles. The number of H-pyrrole nitrogens is 1. The van der Waals surface area contributed by atoms with Crippen molar-refractivity contribution in [3.63, 3.8) is 0 Å². The van der Waals surface area contributed by atoms with Gasteiger partial charge in [-0.3, -0.25) is 19.7 Å². The van der Waals surface area contributed by atoms with E-state index in [-0.39, 0.29) is 5.56 Å². The minimum Gasteiger partial charge on any atom is -0.306 e. The molecule has 0 saturated carbocycles. The molecule has 4 rings (SSSR count). The second kappa shape index (κ2) is 6.57. The number of nitrogens with zero attached hydrogens (tertiary/aromatic N) is 4. The third-order valence-electron chi connectivity index (χ3n) is 4.43. The van der Waals surface area contributed by atoms with Gasteiger partial charge in [-0.05, 0) is 31.2 Å². The van der Waals surface area contributed by atoms with E-state index in [0.717, 1.165) is 47.7 Å². The van der Waals surface area contributed by atoms with Gasteiger partial charge >= 0.3 is 0 Å². The Bertz CT molecular complexity index is 952. The monoisotopic (exact) mass is 333 g/mol. The van der Waals surface area contributed by atoms with Crippen LogP contribution in [-0.2, 0) is 19.5 Å². The molecule has 0 amide bonds. The summed E-state index contributed by atoms with van der Waals surface area (Å²) < 4.78 is 0. The Labute approximate surface area is 145 Å². The van der Waals surface area contributed by atoms with Gasteiger partial charge in [-0.2, -0.15) is 0 Å². The SMILES string of the molecule is Cc1cccc(CN2CCc3nc(-c4ccncc4)[nH]c(=O)c3C2)n1. The van der Waals surface area contributed by atoms with E-state index in [0.29, 0.717) is 12.4 Å². The predicted molar refractivity (Wildman–Crippen MR) is 94.9 cm³/mol. The number of hydrogen-bond donors (Lipinski definition) is 1. The first kappa shape index (κ1) is 15.7. The van der Waals surface area contributed by atoms with Gasteiger partial charge in [0.1, 0.15) is 5.82 Å². The summed E-state index contributed by atoms with van der Waals surface area (Å²) in [5.41, 5.74) is 4.51. The fourth-order valence-electron chi connectivity index (χ4n) is 3.18. The Morgan fingerprint density at radius 3 is 2.80 bits per heavy atom. The highest BCUT2D eigenvalue weighted by Crippen LogP contribution is 2.19. The molecule has 6 heteroatoms. The van der Waals surface area contributed by atoms with Crippen LogP contribution in [0.5, 0.6) is 0 Å². The van der Waals surface area contributed by atoms with Crippen LogP contribution in [0.2, 0.25) is 0 Å². The third kappa shape index (κ3) is 3.34. The van der Waals surface area contributed by atoms with Gasteiger partial charge in [-0.25, -0.2) is 4.98 Å². The van der Waals surface area contributed by atoms with E-state index in [1.807, 2.05) is 37.3 Å². The molecule has 0 atom stereocenters. The molecule has 1 aliphatic heterocycles. The summed E-state index contributed by atoms with van der Waals surface area (Å²) in [6.45, 7) is 4.20. The molecule has 0 aliphatic carbocycles. The molecule has 0 unspecified atom stereocenters. The van der Waals surface area contributed by atoms with Crippen LogP contribution < -0.4 is 5.56 Å². The van der Waals surface area contributed by atoms with Gasteiger partial charge in [0.15, 0.2) is 0 Å². The fourth-order valence-corrected chi connectivity index (χ4v) is 3.18. The molecule has 0 fully saturated rings. The average molecular weight is 333 g/mol. The van der Waals surface area contributed by atoms with Crippen molar-refractivity contribution < 1.29 is 0 Å². The summed E-state index contributed by atoms with van der Waals surface area (Å²) in [6, 6.07) is 9.74. The first-order valence-electron chi connectivity index (χ1n) is 8.36. The Balaban J connectivity index is 1.58. The van der Waals surface area contributed by atoms with Gasteiger partial charge in [0, 0.05) is 49.7 Å².